The summed E-state index contributed by atoms with van der Waals surface area (Å²) < 4.78 is 0. The van der Waals surface area contributed by atoms with Gasteiger partial charge in [0, 0.05) is 45.5 Å². The lowest BCUT2D eigenvalue weighted by Crippen LogP contribution is -2.44. The van der Waals surface area contributed by atoms with Gasteiger partial charge in [0.05, 0.1) is 6.42 Å². The summed E-state index contributed by atoms with van der Waals surface area (Å²) in [4.78, 5) is 32.2. The Morgan fingerprint density at radius 1 is 1.13 bits per heavy atom. The molecule has 1 aromatic heterocycles. The second kappa shape index (κ2) is 6.69. The largest absolute Gasteiger partial charge is 0.346 e. The lowest BCUT2D eigenvalue weighted by atomic mass is 9.73. The van der Waals surface area contributed by atoms with Crippen LogP contribution in [-0.4, -0.2) is 53.3 Å². The Morgan fingerprint density at radius 3 is 2.48 bits per heavy atom. The summed E-state index contributed by atoms with van der Waals surface area (Å²) in [7, 11) is 1.90. The van der Waals surface area contributed by atoms with Crippen molar-refractivity contribution >= 4 is 11.8 Å². The molecule has 124 valence electrons. The average Bonchev–Trinajstić information content (AvgIpc) is 2.71. The van der Waals surface area contributed by atoms with Crippen molar-refractivity contribution in [3.05, 3.63) is 30.1 Å². The van der Waals surface area contributed by atoms with Crippen LogP contribution in [0.1, 0.15) is 37.7 Å². The van der Waals surface area contributed by atoms with Crippen molar-refractivity contribution in [1.82, 2.24) is 14.8 Å². The molecule has 5 heteroatoms. The zero-order chi connectivity index (χ0) is 16.3. The molecule has 2 aliphatic heterocycles. The molecule has 2 saturated heterocycles. The molecular formula is C18H25N3O2. The minimum absolute atomic E-state index is 0.202. The average molecular weight is 315 g/mol. The van der Waals surface area contributed by atoms with Gasteiger partial charge >= 0.3 is 0 Å². The molecular weight excluding hydrogens is 290 g/mol. The number of aromatic nitrogens is 1. The molecule has 0 aliphatic carbocycles. The number of amides is 2. The van der Waals surface area contributed by atoms with Gasteiger partial charge in [0.1, 0.15) is 0 Å². The SMILES string of the molecule is CN1CCC2(CCC1=O)CCN(C(=O)Cc1ccncc1)CC2. The van der Waals surface area contributed by atoms with Crippen molar-refractivity contribution in [2.24, 2.45) is 5.41 Å². The fourth-order valence-corrected chi connectivity index (χ4v) is 3.74. The van der Waals surface area contributed by atoms with Gasteiger partial charge in [0.25, 0.3) is 0 Å². The molecule has 3 rings (SSSR count). The van der Waals surface area contributed by atoms with E-state index in [0.29, 0.717) is 12.8 Å². The van der Waals surface area contributed by atoms with Crippen LogP contribution < -0.4 is 0 Å². The van der Waals surface area contributed by atoms with Crippen molar-refractivity contribution in [2.75, 3.05) is 26.7 Å². The van der Waals surface area contributed by atoms with Crippen LogP contribution in [0.5, 0.6) is 0 Å². The molecule has 2 fully saturated rings. The van der Waals surface area contributed by atoms with Crippen LogP contribution in [0.25, 0.3) is 0 Å². The van der Waals surface area contributed by atoms with E-state index in [0.717, 1.165) is 50.9 Å². The number of rotatable bonds is 2. The fourth-order valence-electron chi connectivity index (χ4n) is 3.74. The molecule has 0 unspecified atom stereocenters. The third kappa shape index (κ3) is 3.71. The summed E-state index contributed by atoms with van der Waals surface area (Å²) in [6.45, 7) is 2.49. The highest BCUT2D eigenvalue weighted by molar-refractivity contribution is 5.79. The normalized spacial score (nSPS) is 21.3. The fraction of sp³-hybridized carbons (Fsp3) is 0.611. The minimum Gasteiger partial charge on any atom is -0.346 e. The van der Waals surface area contributed by atoms with Gasteiger partial charge in [-0.05, 0) is 48.8 Å². The molecule has 3 heterocycles. The van der Waals surface area contributed by atoms with Crippen LogP contribution in [0.4, 0.5) is 0 Å². The first kappa shape index (κ1) is 16.0. The number of hydrogen-bond donors (Lipinski definition) is 0. The van der Waals surface area contributed by atoms with Crippen molar-refractivity contribution in [3.63, 3.8) is 0 Å². The number of carbonyl (C=O) groups excluding carboxylic acids is 2. The molecule has 1 spiro atoms. The van der Waals surface area contributed by atoms with E-state index in [4.69, 9.17) is 0 Å². The first-order valence-electron chi connectivity index (χ1n) is 8.49. The minimum atomic E-state index is 0.202. The zero-order valence-corrected chi connectivity index (χ0v) is 13.8. The van der Waals surface area contributed by atoms with Gasteiger partial charge in [-0.2, -0.15) is 0 Å². The Hall–Kier alpha value is -1.91. The van der Waals surface area contributed by atoms with Crippen LogP contribution >= 0.6 is 0 Å². The summed E-state index contributed by atoms with van der Waals surface area (Å²) in [5.41, 5.74) is 1.28. The highest BCUT2D eigenvalue weighted by Gasteiger charge is 2.38. The van der Waals surface area contributed by atoms with Crippen molar-refractivity contribution in [3.8, 4) is 0 Å². The number of nitrogens with zero attached hydrogens (tertiary/aromatic N) is 3. The van der Waals surface area contributed by atoms with Gasteiger partial charge in [-0.1, -0.05) is 0 Å². The van der Waals surface area contributed by atoms with Crippen molar-refractivity contribution < 1.29 is 9.59 Å². The lowest BCUT2D eigenvalue weighted by Gasteiger charge is -2.41. The van der Waals surface area contributed by atoms with Crippen molar-refractivity contribution in [2.45, 2.75) is 38.5 Å². The summed E-state index contributed by atoms with van der Waals surface area (Å²) in [5, 5.41) is 0. The van der Waals surface area contributed by atoms with Crippen LogP contribution in [0.2, 0.25) is 0 Å². The summed E-state index contributed by atoms with van der Waals surface area (Å²) in [6.07, 6.45) is 8.66. The van der Waals surface area contributed by atoms with Crippen LogP contribution in [0.15, 0.2) is 24.5 Å². The van der Waals surface area contributed by atoms with E-state index < -0.39 is 0 Å². The van der Waals surface area contributed by atoms with Crippen LogP contribution in [0, 0.1) is 5.41 Å². The van der Waals surface area contributed by atoms with Gasteiger partial charge in [-0.15, -0.1) is 0 Å². The summed E-state index contributed by atoms with van der Waals surface area (Å²) in [6, 6.07) is 3.80. The zero-order valence-electron chi connectivity index (χ0n) is 13.8. The van der Waals surface area contributed by atoms with Gasteiger partial charge in [-0.25, -0.2) is 0 Å². The van der Waals surface area contributed by atoms with E-state index in [2.05, 4.69) is 4.98 Å². The Bertz CT molecular complexity index is 565. The van der Waals surface area contributed by atoms with Crippen molar-refractivity contribution in [1.29, 1.82) is 0 Å². The molecule has 0 radical (unpaired) electrons. The molecule has 0 N–H and O–H groups in total. The quantitative estimate of drug-likeness (QED) is 0.837. The number of pyridine rings is 1. The van der Waals surface area contributed by atoms with E-state index in [9.17, 15) is 9.59 Å². The monoisotopic (exact) mass is 315 g/mol. The smallest absolute Gasteiger partial charge is 0.226 e. The third-order valence-electron chi connectivity index (χ3n) is 5.55. The first-order valence-corrected chi connectivity index (χ1v) is 8.49. The molecule has 1 aromatic rings. The first-order chi connectivity index (χ1) is 11.1. The number of hydrogen-bond acceptors (Lipinski definition) is 3. The van der Waals surface area contributed by atoms with Gasteiger partial charge in [-0.3, -0.25) is 14.6 Å². The molecule has 0 bridgehead atoms. The number of likely N-dealkylation sites (tertiary alicyclic amines) is 2. The second-order valence-electron chi connectivity index (χ2n) is 6.98. The van der Waals surface area contributed by atoms with Gasteiger partial charge in [0.2, 0.25) is 11.8 Å². The summed E-state index contributed by atoms with van der Waals surface area (Å²) in [5.74, 6) is 0.464. The Kier molecular flexibility index (Phi) is 4.64. The van der Waals surface area contributed by atoms with Crippen LogP contribution in [0.3, 0.4) is 0 Å². The number of piperidine rings is 1. The molecule has 0 atom stereocenters. The molecule has 23 heavy (non-hydrogen) atoms. The van der Waals surface area contributed by atoms with E-state index in [-0.39, 0.29) is 17.2 Å². The van der Waals surface area contributed by atoms with E-state index >= 15 is 0 Å². The predicted molar refractivity (Wildman–Crippen MR) is 87.7 cm³/mol. The third-order valence-corrected chi connectivity index (χ3v) is 5.55. The highest BCUT2D eigenvalue weighted by Crippen LogP contribution is 2.41. The molecule has 2 aliphatic rings. The topological polar surface area (TPSA) is 53.5 Å². The lowest BCUT2D eigenvalue weighted by molar-refractivity contribution is -0.133. The molecule has 0 aromatic carbocycles. The maximum absolute atomic E-state index is 12.5. The van der Waals surface area contributed by atoms with Gasteiger partial charge in [0.15, 0.2) is 0 Å². The molecule has 5 nitrogen and oxygen atoms in total. The molecule has 0 saturated carbocycles. The predicted octanol–water partition coefficient (Wildman–Crippen LogP) is 1.88. The number of carbonyl (C=O) groups is 2. The Balaban J connectivity index is 1.55. The van der Waals surface area contributed by atoms with E-state index in [1.54, 1.807) is 12.4 Å². The standard InChI is InChI=1S/C18H25N3O2/c1-20-11-6-18(5-2-16(20)22)7-12-21(13-8-18)17(23)14-15-3-9-19-10-4-15/h3-4,9-10H,2,5-8,11-14H2,1H3. The highest BCUT2D eigenvalue weighted by atomic mass is 16.2. The second-order valence-corrected chi connectivity index (χ2v) is 6.98. The Labute approximate surface area is 137 Å². The Morgan fingerprint density at radius 2 is 1.78 bits per heavy atom. The van der Waals surface area contributed by atoms with Gasteiger partial charge < -0.3 is 9.80 Å². The molecule has 2 amide bonds. The maximum Gasteiger partial charge on any atom is 0.226 e. The summed E-state index contributed by atoms with van der Waals surface area (Å²) >= 11 is 0. The van der Waals surface area contributed by atoms with E-state index in [1.807, 2.05) is 29.0 Å². The van der Waals surface area contributed by atoms with Crippen LogP contribution in [-0.2, 0) is 16.0 Å². The van der Waals surface area contributed by atoms with E-state index in [1.165, 1.54) is 0 Å². The maximum atomic E-state index is 12.5.